The van der Waals surface area contributed by atoms with Crippen molar-refractivity contribution in [3.05, 3.63) is 0 Å². The highest BCUT2D eigenvalue weighted by Crippen LogP contribution is 2.00. The van der Waals surface area contributed by atoms with Gasteiger partial charge in [0.05, 0.1) is 0 Å². The molecule has 14 heavy (non-hydrogen) atoms. The van der Waals surface area contributed by atoms with Crippen LogP contribution in [0.3, 0.4) is 0 Å². The van der Waals surface area contributed by atoms with Gasteiger partial charge in [0, 0.05) is 19.0 Å². The van der Waals surface area contributed by atoms with E-state index in [1.165, 1.54) is 0 Å². The summed E-state index contributed by atoms with van der Waals surface area (Å²) in [5.74, 6) is -1.83. The molecule has 0 bridgehead atoms. The van der Waals surface area contributed by atoms with Crippen LogP contribution in [0.1, 0.15) is 13.3 Å². The van der Waals surface area contributed by atoms with E-state index in [4.69, 9.17) is 16.6 Å². The van der Waals surface area contributed by atoms with E-state index in [-0.39, 0.29) is 24.9 Å². The van der Waals surface area contributed by atoms with E-state index in [0.29, 0.717) is 6.42 Å². The van der Waals surface area contributed by atoms with Crippen LogP contribution < -0.4 is 16.8 Å². The standard InChI is InChI=1S/C8H17N3O3/c1-2-5(3-9)7(12)11-6(4-10)8(13)14/h5-6H,2-4,9-10H2,1H3,(H,11,12)(H,13,14)/t5-,6+/m1/s1. The molecule has 0 saturated carbocycles. The Morgan fingerprint density at radius 3 is 2.21 bits per heavy atom. The van der Waals surface area contributed by atoms with Crippen molar-refractivity contribution in [2.75, 3.05) is 13.1 Å². The van der Waals surface area contributed by atoms with Crippen molar-refractivity contribution in [1.29, 1.82) is 0 Å². The maximum Gasteiger partial charge on any atom is 0.327 e. The molecule has 1 amide bonds. The lowest BCUT2D eigenvalue weighted by Crippen LogP contribution is -2.48. The van der Waals surface area contributed by atoms with Crippen LogP contribution in [0.4, 0.5) is 0 Å². The van der Waals surface area contributed by atoms with Crippen LogP contribution in [0.15, 0.2) is 0 Å². The second-order valence-electron chi connectivity index (χ2n) is 2.98. The quantitative estimate of drug-likeness (QED) is 0.419. The van der Waals surface area contributed by atoms with Gasteiger partial charge in [-0.25, -0.2) is 4.79 Å². The van der Waals surface area contributed by atoms with Crippen LogP contribution in [0.2, 0.25) is 0 Å². The summed E-state index contributed by atoms with van der Waals surface area (Å²) in [7, 11) is 0. The van der Waals surface area contributed by atoms with Gasteiger partial charge in [0.2, 0.25) is 5.91 Å². The molecule has 0 rings (SSSR count). The van der Waals surface area contributed by atoms with Gasteiger partial charge in [-0.15, -0.1) is 0 Å². The molecule has 0 aliphatic rings. The maximum atomic E-state index is 11.4. The summed E-state index contributed by atoms with van der Waals surface area (Å²) >= 11 is 0. The predicted octanol–water partition coefficient (Wildman–Crippen LogP) is -1.50. The van der Waals surface area contributed by atoms with E-state index < -0.39 is 12.0 Å². The maximum absolute atomic E-state index is 11.4. The number of amides is 1. The molecule has 0 aromatic carbocycles. The average molecular weight is 203 g/mol. The Bertz CT molecular complexity index is 204. The van der Waals surface area contributed by atoms with Gasteiger partial charge in [0.1, 0.15) is 6.04 Å². The predicted molar refractivity (Wildman–Crippen MR) is 51.5 cm³/mol. The highest BCUT2D eigenvalue weighted by atomic mass is 16.4. The zero-order valence-electron chi connectivity index (χ0n) is 8.19. The van der Waals surface area contributed by atoms with Crippen LogP contribution in [0.25, 0.3) is 0 Å². The summed E-state index contributed by atoms with van der Waals surface area (Å²) in [4.78, 5) is 21.9. The van der Waals surface area contributed by atoms with Gasteiger partial charge in [0.25, 0.3) is 0 Å². The molecule has 6 heteroatoms. The van der Waals surface area contributed by atoms with Crippen molar-refractivity contribution in [2.24, 2.45) is 17.4 Å². The molecular formula is C8H17N3O3. The number of nitrogens with one attached hydrogen (secondary N) is 1. The molecule has 82 valence electrons. The number of rotatable bonds is 6. The van der Waals surface area contributed by atoms with Crippen molar-refractivity contribution in [3.8, 4) is 0 Å². The fourth-order valence-corrected chi connectivity index (χ4v) is 0.970. The Hall–Kier alpha value is -1.14. The van der Waals surface area contributed by atoms with Crippen molar-refractivity contribution < 1.29 is 14.7 Å². The first kappa shape index (κ1) is 12.9. The number of nitrogens with two attached hydrogens (primary N) is 2. The molecule has 0 spiro atoms. The molecule has 0 aromatic heterocycles. The van der Waals surface area contributed by atoms with Crippen LogP contribution in [-0.2, 0) is 9.59 Å². The molecule has 0 fully saturated rings. The molecule has 6 nitrogen and oxygen atoms in total. The highest BCUT2D eigenvalue weighted by Gasteiger charge is 2.21. The van der Waals surface area contributed by atoms with Gasteiger partial charge in [-0.2, -0.15) is 0 Å². The van der Waals surface area contributed by atoms with Crippen molar-refractivity contribution >= 4 is 11.9 Å². The Kier molecular flexibility index (Phi) is 5.82. The fraction of sp³-hybridized carbons (Fsp3) is 0.750. The molecule has 0 aromatic rings. The Labute approximate surface area is 82.6 Å². The van der Waals surface area contributed by atoms with E-state index in [1.807, 2.05) is 6.92 Å². The van der Waals surface area contributed by atoms with Gasteiger partial charge in [-0.3, -0.25) is 4.79 Å². The van der Waals surface area contributed by atoms with Crippen molar-refractivity contribution in [1.82, 2.24) is 5.32 Å². The highest BCUT2D eigenvalue weighted by molar-refractivity contribution is 5.85. The normalized spacial score (nSPS) is 14.5. The molecule has 0 saturated heterocycles. The van der Waals surface area contributed by atoms with Gasteiger partial charge < -0.3 is 21.9 Å². The number of carbonyl (C=O) groups excluding carboxylic acids is 1. The molecule has 0 aliphatic heterocycles. The van der Waals surface area contributed by atoms with Crippen molar-refractivity contribution in [2.45, 2.75) is 19.4 Å². The summed E-state index contributed by atoms with van der Waals surface area (Å²) in [6, 6.07) is -1.02. The summed E-state index contributed by atoms with van der Waals surface area (Å²) < 4.78 is 0. The molecule has 0 heterocycles. The monoisotopic (exact) mass is 203 g/mol. The first-order valence-electron chi connectivity index (χ1n) is 4.50. The smallest absolute Gasteiger partial charge is 0.327 e. The summed E-state index contributed by atoms with van der Waals surface area (Å²) in [5.41, 5.74) is 10.5. The number of hydrogen-bond acceptors (Lipinski definition) is 4. The number of carboxylic acids is 1. The topological polar surface area (TPSA) is 118 Å². The number of hydrogen-bond donors (Lipinski definition) is 4. The minimum absolute atomic E-state index is 0.123. The Balaban J connectivity index is 4.20. The molecule has 2 atom stereocenters. The summed E-state index contributed by atoms with van der Waals surface area (Å²) in [6.07, 6.45) is 0.583. The summed E-state index contributed by atoms with van der Waals surface area (Å²) in [6.45, 7) is 1.90. The van der Waals surface area contributed by atoms with E-state index in [2.05, 4.69) is 5.32 Å². The lowest BCUT2D eigenvalue weighted by Gasteiger charge is -2.16. The van der Waals surface area contributed by atoms with Crippen LogP contribution >= 0.6 is 0 Å². The average Bonchev–Trinajstić information content (AvgIpc) is 2.15. The van der Waals surface area contributed by atoms with Crippen LogP contribution in [-0.4, -0.2) is 36.1 Å². The third-order valence-corrected chi connectivity index (χ3v) is 2.00. The number of carbonyl (C=O) groups is 2. The first-order chi connectivity index (χ1) is 6.56. The molecule has 0 aliphatic carbocycles. The van der Waals surface area contributed by atoms with Crippen LogP contribution in [0, 0.1) is 5.92 Å². The summed E-state index contributed by atoms with van der Waals surface area (Å²) in [5, 5.41) is 10.9. The molecule has 0 radical (unpaired) electrons. The number of aliphatic carboxylic acids is 1. The largest absolute Gasteiger partial charge is 0.480 e. The number of carboxylic acid groups (broad SMARTS) is 1. The van der Waals surface area contributed by atoms with Crippen molar-refractivity contribution in [3.63, 3.8) is 0 Å². The minimum Gasteiger partial charge on any atom is -0.480 e. The lowest BCUT2D eigenvalue weighted by molar-refractivity contribution is -0.142. The third kappa shape index (κ3) is 3.71. The minimum atomic E-state index is -1.13. The van der Waals surface area contributed by atoms with Crippen LogP contribution in [0.5, 0.6) is 0 Å². The van der Waals surface area contributed by atoms with E-state index in [0.717, 1.165) is 0 Å². The Morgan fingerprint density at radius 1 is 1.36 bits per heavy atom. The lowest BCUT2D eigenvalue weighted by atomic mass is 10.1. The SMILES string of the molecule is CC[C@H](CN)C(=O)N[C@@H](CN)C(=O)O. The van der Waals surface area contributed by atoms with E-state index in [1.54, 1.807) is 0 Å². The molecule has 0 unspecified atom stereocenters. The molecular weight excluding hydrogens is 186 g/mol. The third-order valence-electron chi connectivity index (χ3n) is 2.00. The Morgan fingerprint density at radius 2 is 1.93 bits per heavy atom. The van der Waals surface area contributed by atoms with Gasteiger partial charge in [-0.1, -0.05) is 6.92 Å². The van der Waals surface area contributed by atoms with E-state index in [9.17, 15) is 9.59 Å². The second-order valence-corrected chi connectivity index (χ2v) is 2.98. The van der Waals surface area contributed by atoms with Gasteiger partial charge >= 0.3 is 5.97 Å². The van der Waals surface area contributed by atoms with Gasteiger partial charge in [-0.05, 0) is 6.42 Å². The molecule has 6 N–H and O–H groups in total. The van der Waals surface area contributed by atoms with Gasteiger partial charge in [0.15, 0.2) is 0 Å². The zero-order valence-corrected chi connectivity index (χ0v) is 8.19. The second kappa shape index (κ2) is 6.33. The first-order valence-corrected chi connectivity index (χ1v) is 4.50. The zero-order chi connectivity index (χ0) is 11.1. The fourth-order valence-electron chi connectivity index (χ4n) is 0.970. The van der Waals surface area contributed by atoms with E-state index >= 15 is 0 Å².